The first-order valence-electron chi connectivity index (χ1n) is 6.74. The third kappa shape index (κ3) is 4.28. The molecule has 1 atom stereocenters. The molecule has 16 heavy (non-hydrogen) atoms. The Labute approximate surface area is 102 Å². The van der Waals surface area contributed by atoms with Crippen molar-refractivity contribution in [2.24, 2.45) is 0 Å². The third-order valence-corrected chi connectivity index (χ3v) is 6.74. The van der Waals surface area contributed by atoms with E-state index in [2.05, 4.69) is 26.9 Å². The van der Waals surface area contributed by atoms with Crippen LogP contribution >= 0.6 is 0 Å². The lowest BCUT2D eigenvalue weighted by Gasteiger charge is -2.32. The van der Waals surface area contributed by atoms with E-state index in [-0.39, 0.29) is 5.04 Å². The Kier molecular flexibility index (Phi) is 7.72. The van der Waals surface area contributed by atoms with Crippen molar-refractivity contribution in [1.29, 1.82) is 0 Å². The van der Waals surface area contributed by atoms with Gasteiger partial charge in [0.1, 0.15) is 0 Å². The first-order chi connectivity index (χ1) is 7.51. The van der Waals surface area contributed by atoms with E-state index in [4.69, 9.17) is 0 Å². The van der Waals surface area contributed by atoms with E-state index in [1.54, 1.807) is 0 Å². The molecule has 0 aromatic carbocycles. The van der Waals surface area contributed by atoms with Gasteiger partial charge in [-0.1, -0.05) is 59.0 Å². The first kappa shape index (κ1) is 15.7. The number of carboxylic acid groups (broad SMARTS) is 1. The van der Waals surface area contributed by atoms with Crippen molar-refractivity contribution in [3.05, 3.63) is 0 Å². The van der Waals surface area contributed by atoms with Crippen LogP contribution in [-0.2, 0) is 4.79 Å². The van der Waals surface area contributed by atoms with Crippen LogP contribution in [0.5, 0.6) is 0 Å². The highest BCUT2D eigenvalue weighted by Crippen LogP contribution is 2.41. The Balaban J connectivity index is 4.44. The van der Waals surface area contributed by atoms with E-state index in [1.165, 1.54) is 19.3 Å². The van der Waals surface area contributed by atoms with Gasteiger partial charge >= 0.3 is 5.97 Å². The Morgan fingerprint density at radius 2 is 1.69 bits per heavy atom. The average molecular weight is 244 g/mol. The minimum absolute atomic E-state index is 0.345. The van der Waals surface area contributed by atoms with Crippen LogP contribution in [0.25, 0.3) is 0 Å². The summed E-state index contributed by atoms with van der Waals surface area (Å²) in [4.78, 5) is 11.6. The molecule has 0 saturated heterocycles. The molecule has 0 aromatic rings. The predicted octanol–water partition coefficient (Wildman–Crippen LogP) is 4.07. The second-order valence-corrected chi connectivity index (χ2v) is 8.59. The van der Waals surface area contributed by atoms with Crippen LogP contribution in [0.1, 0.15) is 58.8 Å². The maximum Gasteiger partial charge on any atom is 0.306 e. The molecule has 0 saturated carbocycles. The van der Waals surface area contributed by atoms with Crippen molar-refractivity contribution in [3.63, 3.8) is 0 Å². The van der Waals surface area contributed by atoms with Crippen LogP contribution < -0.4 is 0 Å². The molecular formula is C13H28O2Si. The molecule has 0 aliphatic carbocycles. The Bertz CT molecular complexity index is 204. The molecule has 0 heterocycles. The van der Waals surface area contributed by atoms with Crippen molar-refractivity contribution in [1.82, 2.24) is 0 Å². The van der Waals surface area contributed by atoms with Crippen LogP contribution in [0.3, 0.4) is 0 Å². The zero-order valence-electron chi connectivity index (χ0n) is 11.4. The predicted molar refractivity (Wildman–Crippen MR) is 72.9 cm³/mol. The molecule has 0 rings (SSSR count). The van der Waals surface area contributed by atoms with Crippen molar-refractivity contribution in [2.45, 2.75) is 76.9 Å². The van der Waals surface area contributed by atoms with Gasteiger partial charge in [-0.05, 0) is 12.8 Å². The molecule has 2 nitrogen and oxygen atoms in total. The Hall–Kier alpha value is -0.313. The van der Waals surface area contributed by atoms with Crippen LogP contribution in [0, 0.1) is 0 Å². The van der Waals surface area contributed by atoms with Gasteiger partial charge in [0, 0.05) is 0 Å². The van der Waals surface area contributed by atoms with E-state index in [0.717, 1.165) is 25.7 Å². The van der Waals surface area contributed by atoms with E-state index in [1.807, 2.05) is 0 Å². The molecule has 1 unspecified atom stereocenters. The minimum Gasteiger partial charge on any atom is -0.481 e. The molecule has 0 spiro atoms. The second kappa shape index (κ2) is 7.88. The highest BCUT2D eigenvalue weighted by Gasteiger charge is 2.40. The zero-order chi connectivity index (χ0) is 12.6. The lowest BCUT2D eigenvalue weighted by atomic mass is 9.95. The molecule has 0 amide bonds. The summed E-state index contributed by atoms with van der Waals surface area (Å²) in [5.74, 6) is -0.535. The fourth-order valence-electron chi connectivity index (χ4n) is 2.48. The summed E-state index contributed by atoms with van der Waals surface area (Å²) < 4.78 is 0. The van der Waals surface area contributed by atoms with Gasteiger partial charge in [0.2, 0.25) is 0 Å². The molecule has 0 aliphatic rings. The van der Waals surface area contributed by atoms with E-state index >= 15 is 0 Å². The van der Waals surface area contributed by atoms with Gasteiger partial charge < -0.3 is 5.11 Å². The molecule has 0 fully saturated rings. The number of carbonyl (C=O) groups is 1. The maximum absolute atomic E-state index is 11.6. The first-order valence-corrected chi connectivity index (χ1v) is 9.63. The number of hydrogen-bond donors (Lipinski definition) is 1. The molecule has 1 N–H and O–H groups in total. The SMILES string of the molecule is CCCCCCC(CCC)(C(=O)O)[SiH](C)C. The quantitative estimate of drug-likeness (QED) is 0.490. The highest BCUT2D eigenvalue weighted by molar-refractivity contribution is 6.63. The number of carboxylic acids is 1. The molecular weight excluding hydrogens is 216 g/mol. The van der Waals surface area contributed by atoms with Gasteiger partial charge in [-0.2, -0.15) is 0 Å². The fourth-order valence-corrected chi connectivity index (χ4v) is 4.62. The van der Waals surface area contributed by atoms with Gasteiger partial charge in [-0.3, -0.25) is 4.79 Å². The van der Waals surface area contributed by atoms with E-state index < -0.39 is 14.8 Å². The number of unbranched alkanes of at least 4 members (excludes halogenated alkanes) is 3. The standard InChI is InChI=1S/C13H28O2Si/c1-5-7-8-9-11-13(10-6-2,12(14)15)16(3)4/h16H,5-11H2,1-4H3,(H,14,15). The van der Waals surface area contributed by atoms with Crippen LogP contribution in [0.2, 0.25) is 18.1 Å². The summed E-state index contributed by atoms with van der Waals surface area (Å²) in [5.41, 5.74) is 0. The van der Waals surface area contributed by atoms with E-state index in [0.29, 0.717) is 0 Å². The normalized spacial score (nSPS) is 15.1. The van der Waals surface area contributed by atoms with Crippen molar-refractivity contribution in [2.75, 3.05) is 0 Å². The molecule has 0 bridgehead atoms. The lowest BCUT2D eigenvalue weighted by Crippen LogP contribution is -2.35. The summed E-state index contributed by atoms with van der Waals surface area (Å²) in [6.07, 6.45) is 7.50. The van der Waals surface area contributed by atoms with Crippen LogP contribution in [-0.4, -0.2) is 19.9 Å². The zero-order valence-corrected chi connectivity index (χ0v) is 12.5. The molecule has 96 valence electrons. The summed E-state index contributed by atoms with van der Waals surface area (Å²) in [7, 11) is -1.15. The summed E-state index contributed by atoms with van der Waals surface area (Å²) in [5, 5.41) is 9.17. The Morgan fingerprint density at radius 3 is 2.06 bits per heavy atom. The number of hydrogen-bond acceptors (Lipinski definition) is 1. The smallest absolute Gasteiger partial charge is 0.306 e. The van der Waals surface area contributed by atoms with Crippen molar-refractivity contribution < 1.29 is 9.90 Å². The summed E-state index contributed by atoms with van der Waals surface area (Å²) in [6, 6.07) is 0. The monoisotopic (exact) mass is 244 g/mol. The molecule has 3 heteroatoms. The third-order valence-electron chi connectivity index (χ3n) is 3.70. The molecule has 0 aromatic heterocycles. The van der Waals surface area contributed by atoms with Gasteiger partial charge in [-0.15, -0.1) is 0 Å². The van der Waals surface area contributed by atoms with Gasteiger partial charge in [-0.25, -0.2) is 0 Å². The Morgan fingerprint density at radius 1 is 1.06 bits per heavy atom. The molecule has 0 radical (unpaired) electrons. The van der Waals surface area contributed by atoms with Crippen molar-refractivity contribution in [3.8, 4) is 0 Å². The van der Waals surface area contributed by atoms with Crippen LogP contribution in [0.4, 0.5) is 0 Å². The second-order valence-electron chi connectivity index (χ2n) is 5.18. The molecule has 0 aliphatic heterocycles. The summed E-state index contributed by atoms with van der Waals surface area (Å²) >= 11 is 0. The number of aliphatic carboxylic acids is 1. The van der Waals surface area contributed by atoms with E-state index in [9.17, 15) is 9.90 Å². The van der Waals surface area contributed by atoms with Crippen molar-refractivity contribution >= 4 is 14.8 Å². The number of rotatable bonds is 9. The lowest BCUT2D eigenvalue weighted by molar-refractivity contribution is -0.141. The van der Waals surface area contributed by atoms with Crippen LogP contribution in [0.15, 0.2) is 0 Å². The van der Waals surface area contributed by atoms with Gasteiger partial charge in [0.25, 0.3) is 0 Å². The maximum atomic E-state index is 11.6. The highest BCUT2D eigenvalue weighted by atomic mass is 28.3. The topological polar surface area (TPSA) is 37.3 Å². The minimum atomic E-state index is -1.15. The average Bonchev–Trinajstić information content (AvgIpc) is 2.21. The van der Waals surface area contributed by atoms with Gasteiger partial charge in [0.15, 0.2) is 0 Å². The largest absolute Gasteiger partial charge is 0.481 e. The van der Waals surface area contributed by atoms with Gasteiger partial charge in [0.05, 0.1) is 13.8 Å². The fraction of sp³-hybridized carbons (Fsp3) is 0.923. The summed E-state index contributed by atoms with van der Waals surface area (Å²) in [6.45, 7) is 8.65.